The zero-order valence-corrected chi connectivity index (χ0v) is 13.3. The first kappa shape index (κ1) is 15.7. The van der Waals surface area contributed by atoms with Crippen LogP contribution in [0.4, 0.5) is 4.39 Å². The monoisotopic (exact) mass is 312 g/mol. The summed E-state index contributed by atoms with van der Waals surface area (Å²) in [5.41, 5.74) is 2.89. The lowest BCUT2D eigenvalue weighted by Crippen LogP contribution is -2.30. The van der Waals surface area contributed by atoms with Crippen molar-refractivity contribution in [1.82, 2.24) is 9.88 Å². The molecule has 3 rings (SSSR count). The Morgan fingerprint density at radius 2 is 1.91 bits per heavy atom. The zero-order valence-electron chi connectivity index (χ0n) is 13.3. The van der Waals surface area contributed by atoms with Gasteiger partial charge >= 0.3 is 0 Å². The van der Waals surface area contributed by atoms with E-state index >= 15 is 0 Å². The number of halogens is 1. The van der Waals surface area contributed by atoms with E-state index in [9.17, 15) is 9.50 Å². The minimum Gasteiger partial charge on any atom is -0.391 e. The van der Waals surface area contributed by atoms with Gasteiger partial charge in [-0.1, -0.05) is 30.3 Å². The number of aliphatic hydroxyl groups is 1. The third kappa shape index (κ3) is 3.00. The van der Waals surface area contributed by atoms with Crippen molar-refractivity contribution in [2.45, 2.75) is 12.0 Å². The number of fused-ring (bicyclic) bond motifs is 1. The number of nitrogens with one attached hydrogen (secondary N) is 1. The van der Waals surface area contributed by atoms with Gasteiger partial charge in [-0.05, 0) is 36.4 Å². The summed E-state index contributed by atoms with van der Waals surface area (Å²) in [7, 11) is 3.72. The molecule has 0 aliphatic carbocycles. The van der Waals surface area contributed by atoms with Gasteiger partial charge in [-0.15, -0.1) is 0 Å². The van der Waals surface area contributed by atoms with Crippen LogP contribution < -0.4 is 5.32 Å². The van der Waals surface area contributed by atoms with Crippen LogP contribution in [0.1, 0.15) is 17.0 Å². The van der Waals surface area contributed by atoms with Crippen molar-refractivity contribution in [1.29, 1.82) is 0 Å². The fraction of sp³-hybridized carbons (Fsp3) is 0.263. The summed E-state index contributed by atoms with van der Waals surface area (Å²) >= 11 is 0. The topological polar surface area (TPSA) is 37.2 Å². The molecule has 2 N–H and O–H groups in total. The molecule has 2 atom stereocenters. The molecule has 23 heavy (non-hydrogen) atoms. The number of aryl methyl sites for hydroxylation is 1. The first-order valence-electron chi connectivity index (χ1n) is 7.74. The Kier molecular flexibility index (Phi) is 4.46. The molecular formula is C19H21FN2O. The Hall–Kier alpha value is -2.17. The lowest BCUT2D eigenvalue weighted by Gasteiger charge is -2.23. The van der Waals surface area contributed by atoms with E-state index in [0.717, 1.165) is 22.0 Å². The van der Waals surface area contributed by atoms with Gasteiger partial charge in [0, 0.05) is 31.1 Å². The number of benzene rings is 2. The highest BCUT2D eigenvalue weighted by molar-refractivity contribution is 5.85. The molecule has 120 valence electrons. The Morgan fingerprint density at radius 3 is 2.61 bits per heavy atom. The van der Waals surface area contributed by atoms with Gasteiger partial charge in [-0.3, -0.25) is 0 Å². The van der Waals surface area contributed by atoms with Gasteiger partial charge in [0.15, 0.2) is 0 Å². The standard InChI is InChI=1S/C19H21FN2O/c1-21-11-18(23)19(13-6-4-3-5-7-13)16-12-22(2)17-10-14(20)8-9-15(16)17/h3-10,12,18-19,21,23H,11H2,1-2H3. The van der Waals surface area contributed by atoms with Crippen LogP contribution >= 0.6 is 0 Å². The predicted molar refractivity (Wildman–Crippen MR) is 91.1 cm³/mol. The second-order valence-corrected chi connectivity index (χ2v) is 5.87. The van der Waals surface area contributed by atoms with Crippen molar-refractivity contribution in [2.75, 3.05) is 13.6 Å². The first-order valence-corrected chi connectivity index (χ1v) is 7.74. The van der Waals surface area contributed by atoms with E-state index in [2.05, 4.69) is 5.32 Å². The largest absolute Gasteiger partial charge is 0.391 e. The lowest BCUT2D eigenvalue weighted by molar-refractivity contribution is 0.157. The summed E-state index contributed by atoms with van der Waals surface area (Å²) < 4.78 is 15.5. The van der Waals surface area contributed by atoms with Crippen LogP contribution in [-0.2, 0) is 7.05 Å². The van der Waals surface area contributed by atoms with Crippen molar-refractivity contribution in [3.8, 4) is 0 Å². The average molecular weight is 312 g/mol. The smallest absolute Gasteiger partial charge is 0.125 e. The van der Waals surface area contributed by atoms with E-state index < -0.39 is 6.10 Å². The molecule has 3 aromatic rings. The second kappa shape index (κ2) is 6.52. The van der Waals surface area contributed by atoms with Gasteiger partial charge in [-0.25, -0.2) is 4.39 Å². The molecular weight excluding hydrogens is 291 g/mol. The number of aromatic nitrogens is 1. The first-order chi connectivity index (χ1) is 11.1. The van der Waals surface area contributed by atoms with E-state index in [1.807, 2.05) is 55.2 Å². The van der Waals surface area contributed by atoms with Crippen molar-refractivity contribution < 1.29 is 9.50 Å². The molecule has 4 heteroatoms. The third-order valence-electron chi connectivity index (χ3n) is 4.28. The highest BCUT2D eigenvalue weighted by Crippen LogP contribution is 2.34. The van der Waals surface area contributed by atoms with Gasteiger partial charge in [0.1, 0.15) is 5.82 Å². The quantitative estimate of drug-likeness (QED) is 0.760. The molecule has 2 unspecified atom stereocenters. The maximum atomic E-state index is 13.6. The van der Waals surface area contributed by atoms with Gasteiger partial charge in [0.25, 0.3) is 0 Å². The van der Waals surface area contributed by atoms with Gasteiger partial charge < -0.3 is 15.0 Å². The Balaban J connectivity index is 2.17. The Labute approximate surface area is 135 Å². The average Bonchev–Trinajstić information content (AvgIpc) is 2.85. The van der Waals surface area contributed by atoms with Crippen LogP contribution in [0, 0.1) is 5.82 Å². The third-order valence-corrected chi connectivity index (χ3v) is 4.28. The van der Waals surface area contributed by atoms with Crippen LogP contribution in [0.5, 0.6) is 0 Å². The molecule has 1 heterocycles. The summed E-state index contributed by atoms with van der Waals surface area (Å²) in [6.07, 6.45) is 1.42. The lowest BCUT2D eigenvalue weighted by atomic mass is 9.86. The SMILES string of the molecule is CNCC(O)C(c1ccccc1)c1cn(C)c2cc(F)ccc12. The van der Waals surface area contributed by atoms with Crippen molar-refractivity contribution >= 4 is 10.9 Å². The van der Waals surface area contributed by atoms with Crippen molar-refractivity contribution in [3.05, 3.63) is 71.7 Å². The van der Waals surface area contributed by atoms with Crippen molar-refractivity contribution in [2.24, 2.45) is 7.05 Å². The van der Waals surface area contributed by atoms with Crippen LogP contribution in [-0.4, -0.2) is 29.4 Å². The van der Waals surface area contributed by atoms with Crippen LogP contribution in [0.25, 0.3) is 10.9 Å². The fourth-order valence-electron chi connectivity index (χ4n) is 3.23. The molecule has 0 amide bonds. The number of aliphatic hydroxyl groups excluding tert-OH is 1. The second-order valence-electron chi connectivity index (χ2n) is 5.87. The maximum Gasteiger partial charge on any atom is 0.125 e. The summed E-state index contributed by atoms with van der Waals surface area (Å²) in [5, 5.41) is 14.7. The summed E-state index contributed by atoms with van der Waals surface area (Å²) in [4.78, 5) is 0. The van der Waals surface area contributed by atoms with E-state index in [1.54, 1.807) is 6.07 Å². The maximum absolute atomic E-state index is 13.6. The molecule has 0 bridgehead atoms. The Morgan fingerprint density at radius 1 is 1.17 bits per heavy atom. The molecule has 0 aliphatic heterocycles. The molecule has 1 aromatic heterocycles. The highest BCUT2D eigenvalue weighted by atomic mass is 19.1. The summed E-state index contributed by atoms with van der Waals surface area (Å²) in [6, 6.07) is 14.7. The number of hydrogen-bond donors (Lipinski definition) is 2. The molecule has 0 aliphatic rings. The summed E-state index contributed by atoms with van der Waals surface area (Å²) in [5.74, 6) is -0.421. The molecule has 0 saturated carbocycles. The number of likely N-dealkylation sites (N-methyl/N-ethyl adjacent to an activating group) is 1. The van der Waals surface area contributed by atoms with Crippen LogP contribution in [0.2, 0.25) is 0 Å². The zero-order chi connectivity index (χ0) is 16.4. The number of rotatable bonds is 5. The Bertz CT molecular complexity index is 798. The van der Waals surface area contributed by atoms with E-state index in [0.29, 0.717) is 6.54 Å². The van der Waals surface area contributed by atoms with Crippen LogP contribution in [0.3, 0.4) is 0 Å². The van der Waals surface area contributed by atoms with Gasteiger partial charge in [0.05, 0.1) is 11.6 Å². The molecule has 3 nitrogen and oxygen atoms in total. The normalized spacial score (nSPS) is 14.1. The number of hydrogen-bond acceptors (Lipinski definition) is 2. The summed E-state index contributed by atoms with van der Waals surface area (Å²) in [6.45, 7) is 0.483. The van der Waals surface area contributed by atoms with E-state index in [4.69, 9.17) is 0 Å². The van der Waals surface area contributed by atoms with Crippen LogP contribution in [0.15, 0.2) is 54.7 Å². The molecule has 0 fully saturated rings. The molecule has 2 aromatic carbocycles. The number of nitrogens with zero attached hydrogens (tertiary/aromatic N) is 1. The van der Waals surface area contributed by atoms with Gasteiger partial charge in [-0.2, -0.15) is 0 Å². The van der Waals surface area contributed by atoms with Gasteiger partial charge in [0.2, 0.25) is 0 Å². The molecule has 0 radical (unpaired) electrons. The van der Waals surface area contributed by atoms with E-state index in [1.165, 1.54) is 12.1 Å². The minimum atomic E-state index is -0.571. The van der Waals surface area contributed by atoms with Crippen molar-refractivity contribution in [3.63, 3.8) is 0 Å². The highest BCUT2D eigenvalue weighted by Gasteiger charge is 2.26. The minimum absolute atomic E-state index is 0.169. The molecule has 0 saturated heterocycles. The van der Waals surface area contributed by atoms with E-state index in [-0.39, 0.29) is 11.7 Å². The molecule has 0 spiro atoms. The fourth-order valence-corrected chi connectivity index (χ4v) is 3.23. The predicted octanol–water partition coefficient (Wildman–Crippen LogP) is 3.03.